The molecular weight excluding hydrogens is 284 g/mol. The molecule has 0 spiro atoms. The van der Waals surface area contributed by atoms with Crippen molar-refractivity contribution >= 4 is 18.3 Å². The zero-order chi connectivity index (χ0) is 13.8. The Morgan fingerprint density at radius 2 is 1.95 bits per heavy atom. The summed E-state index contributed by atoms with van der Waals surface area (Å²) in [4.78, 5) is 12.2. The fraction of sp³-hybridized carbons (Fsp3) is 0.588. The van der Waals surface area contributed by atoms with Crippen molar-refractivity contribution in [3.63, 3.8) is 0 Å². The van der Waals surface area contributed by atoms with Crippen LogP contribution >= 0.6 is 12.4 Å². The van der Waals surface area contributed by atoms with E-state index >= 15 is 0 Å². The second-order valence-electron chi connectivity index (χ2n) is 6.06. The molecule has 1 atom stereocenters. The van der Waals surface area contributed by atoms with E-state index in [0.717, 1.165) is 32.5 Å². The molecule has 3 rings (SSSR count). The van der Waals surface area contributed by atoms with Gasteiger partial charge in [-0.1, -0.05) is 24.3 Å². The van der Waals surface area contributed by atoms with E-state index in [1.54, 1.807) is 0 Å². The van der Waals surface area contributed by atoms with Crippen molar-refractivity contribution < 1.29 is 4.79 Å². The minimum Gasteiger partial charge on any atom is -0.355 e. The Morgan fingerprint density at radius 1 is 1.19 bits per heavy atom. The van der Waals surface area contributed by atoms with Crippen LogP contribution in [0.1, 0.15) is 42.7 Å². The highest BCUT2D eigenvalue weighted by molar-refractivity contribution is 5.85. The topological polar surface area (TPSA) is 41.1 Å². The standard InChI is InChI=1S/C17H24N2O.ClH/c20-17(14-8-10-18-11-9-14)19-12-15-6-3-5-13-4-1-2-7-16(13)15;/h1-2,4,7,14-15,18H,3,5-6,8-12H2,(H,19,20);1H. The monoisotopic (exact) mass is 308 g/mol. The molecule has 1 aromatic carbocycles. The van der Waals surface area contributed by atoms with Gasteiger partial charge < -0.3 is 10.6 Å². The van der Waals surface area contributed by atoms with Crippen LogP contribution in [0.3, 0.4) is 0 Å². The Kier molecular flexibility index (Phi) is 6.07. The average Bonchev–Trinajstić information content (AvgIpc) is 2.53. The Morgan fingerprint density at radius 3 is 2.76 bits per heavy atom. The Bertz CT molecular complexity index is 472. The molecule has 0 aromatic heterocycles. The van der Waals surface area contributed by atoms with Crippen LogP contribution in [0.4, 0.5) is 0 Å². The second kappa shape index (κ2) is 7.81. The molecule has 0 bridgehead atoms. The van der Waals surface area contributed by atoms with Gasteiger partial charge >= 0.3 is 0 Å². The summed E-state index contributed by atoms with van der Waals surface area (Å²) in [6.07, 6.45) is 5.59. The molecule has 1 saturated heterocycles. The summed E-state index contributed by atoms with van der Waals surface area (Å²) in [6, 6.07) is 8.70. The Balaban J connectivity index is 0.00000161. The first-order chi connectivity index (χ1) is 9.84. The van der Waals surface area contributed by atoms with E-state index in [4.69, 9.17) is 0 Å². The summed E-state index contributed by atoms with van der Waals surface area (Å²) in [7, 11) is 0. The first kappa shape index (κ1) is 16.3. The predicted octanol–water partition coefficient (Wildman–Crippen LogP) is 2.64. The summed E-state index contributed by atoms with van der Waals surface area (Å²) in [5.41, 5.74) is 2.92. The number of amides is 1. The van der Waals surface area contributed by atoms with Gasteiger partial charge in [0.1, 0.15) is 0 Å². The highest BCUT2D eigenvalue weighted by Crippen LogP contribution is 2.30. The van der Waals surface area contributed by atoms with Gasteiger partial charge in [-0.2, -0.15) is 0 Å². The number of hydrogen-bond acceptors (Lipinski definition) is 2. The summed E-state index contributed by atoms with van der Waals surface area (Å²) in [5.74, 6) is 0.982. The summed E-state index contributed by atoms with van der Waals surface area (Å²) >= 11 is 0. The van der Waals surface area contributed by atoms with Crippen LogP contribution in [0.15, 0.2) is 24.3 Å². The number of fused-ring (bicyclic) bond motifs is 1. The van der Waals surface area contributed by atoms with Crippen molar-refractivity contribution in [2.75, 3.05) is 19.6 Å². The molecule has 21 heavy (non-hydrogen) atoms. The average molecular weight is 309 g/mol. The zero-order valence-corrected chi connectivity index (χ0v) is 13.3. The molecular formula is C17H25ClN2O. The number of hydrogen-bond donors (Lipinski definition) is 2. The molecule has 1 aromatic rings. The first-order valence-electron chi connectivity index (χ1n) is 7.91. The van der Waals surface area contributed by atoms with Gasteiger partial charge in [-0.05, 0) is 56.3 Å². The number of rotatable bonds is 3. The third-order valence-corrected chi connectivity index (χ3v) is 4.73. The highest BCUT2D eigenvalue weighted by Gasteiger charge is 2.24. The Labute approximate surface area is 133 Å². The molecule has 0 radical (unpaired) electrons. The van der Waals surface area contributed by atoms with E-state index in [2.05, 4.69) is 34.9 Å². The molecule has 116 valence electrons. The first-order valence-corrected chi connectivity index (χ1v) is 7.91. The smallest absolute Gasteiger partial charge is 0.223 e. The third kappa shape index (κ3) is 3.98. The van der Waals surface area contributed by atoms with E-state index < -0.39 is 0 Å². The van der Waals surface area contributed by atoms with E-state index in [0.29, 0.717) is 5.92 Å². The van der Waals surface area contributed by atoms with Crippen LogP contribution in [0.5, 0.6) is 0 Å². The van der Waals surface area contributed by atoms with E-state index in [9.17, 15) is 4.79 Å². The van der Waals surface area contributed by atoms with E-state index in [1.165, 1.54) is 30.4 Å². The van der Waals surface area contributed by atoms with Gasteiger partial charge in [0, 0.05) is 18.4 Å². The van der Waals surface area contributed by atoms with E-state index in [1.807, 2.05) is 0 Å². The lowest BCUT2D eigenvalue weighted by Crippen LogP contribution is -2.39. The number of halogens is 1. The Hall–Kier alpha value is -1.06. The molecule has 0 saturated carbocycles. The summed E-state index contributed by atoms with van der Waals surface area (Å²) in [5, 5.41) is 6.50. The molecule has 1 aliphatic heterocycles. The van der Waals surface area contributed by atoms with Crippen molar-refractivity contribution in [1.82, 2.24) is 10.6 Å². The van der Waals surface area contributed by atoms with Crippen LogP contribution in [-0.2, 0) is 11.2 Å². The van der Waals surface area contributed by atoms with Crippen LogP contribution in [0.25, 0.3) is 0 Å². The summed E-state index contributed by atoms with van der Waals surface area (Å²) < 4.78 is 0. The predicted molar refractivity (Wildman–Crippen MR) is 88.0 cm³/mol. The maximum absolute atomic E-state index is 12.2. The molecule has 4 heteroatoms. The van der Waals surface area contributed by atoms with Crippen LogP contribution in [-0.4, -0.2) is 25.5 Å². The molecule has 1 aliphatic carbocycles. The summed E-state index contributed by atoms with van der Waals surface area (Å²) in [6.45, 7) is 2.76. The van der Waals surface area contributed by atoms with Crippen molar-refractivity contribution in [3.05, 3.63) is 35.4 Å². The SMILES string of the molecule is Cl.O=C(NCC1CCCc2ccccc21)C1CCNCC1. The van der Waals surface area contributed by atoms with Gasteiger partial charge in [0.05, 0.1) is 0 Å². The number of benzene rings is 1. The quantitative estimate of drug-likeness (QED) is 0.901. The number of nitrogens with one attached hydrogen (secondary N) is 2. The molecule has 1 amide bonds. The fourth-order valence-corrected chi connectivity index (χ4v) is 3.52. The minimum atomic E-state index is 0. The number of piperidine rings is 1. The van der Waals surface area contributed by atoms with Gasteiger partial charge in [0.15, 0.2) is 0 Å². The maximum Gasteiger partial charge on any atom is 0.223 e. The second-order valence-corrected chi connectivity index (χ2v) is 6.06. The van der Waals surface area contributed by atoms with Crippen molar-refractivity contribution in [2.45, 2.75) is 38.0 Å². The van der Waals surface area contributed by atoms with Crippen molar-refractivity contribution in [3.8, 4) is 0 Å². The maximum atomic E-state index is 12.2. The minimum absolute atomic E-state index is 0. The largest absolute Gasteiger partial charge is 0.355 e. The normalized spacial score (nSPS) is 22.0. The number of carbonyl (C=O) groups excluding carboxylic acids is 1. The highest BCUT2D eigenvalue weighted by atomic mass is 35.5. The van der Waals surface area contributed by atoms with Gasteiger partial charge in [-0.15, -0.1) is 12.4 Å². The lowest BCUT2D eigenvalue weighted by atomic mass is 9.82. The van der Waals surface area contributed by atoms with Gasteiger partial charge in [0.2, 0.25) is 5.91 Å². The molecule has 3 nitrogen and oxygen atoms in total. The molecule has 2 N–H and O–H groups in total. The zero-order valence-electron chi connectivity index (χ0n) is 12.4. The molecule has 1 unspecified atom stereocenters. The van der Waals surface area contributed by atoms with Crippen LogP contribution in [0.2, 0.25) is 0 Å². The molecule has 1 heterocycles. The van der Waals surface area contributed by atoms with Crippen molar-refractivity contribution in [2.24, 2.45) is 5.92 Å². The van der Waals surface area contributed by atoms with Gasteiger partial charge in [-0.25, -0.2) is 0 Å². The third-order valence-electron chi connectivity index (χ3n) is 4.73. The van der Waals surface area contributed by atoms with E-state index in [-0.39, 0.29) is 24.2 Å². The van der Waals surface area contributed by atoms with Gasteiger partial charge in [0.25, 0.3) is 0 Å². The number of aryl methyl sites for hydroxylation is 1. The number of carbonyl (C=O) groups is 1. The van der Waals surface area contributed by atoms with Crippen LogP contribution in [0, 0.1) is 5.92 Å². The van der Waals surface area contributed by atoms with Crippen LogP contribution < -0.4 is 10.6 Å². The van der Waals surface area contributed by atoms with Gasteiger partial charge in [-0.3, -0.25) is 4.79 Å². The lowest BCUT2D eigenvalue weighted by Gasteiger charge is -2.27. The molecule has 2 aliphatic rings. The van der Waals surface area contributed by atoms with Crippen molar-refractivity contribution in [1.29, 1.82) is 0 Å². The fourth-order valence-electron chi connectivity index (χ4n) is 3.52. The molecule has 1 fully saturated rings. The lowest BCUT2D eigenvalue weighted by molar-refractivity contribution is -0.125.